The van der Waals surface area contributed by atoms with Gasteiger partial charge in [0.2, 0.25) is 11.8 Å². The molecule has 0 aromatic rings. The van der Waals surface area contributed by atoms with E-state index in [0.29, 0.717) is 39.3 Å². The van der Waals surface area contributed by atoms with E-state index in [1.54, 1.807) is 0 Å². The van der Waals surface area contributed by atoms with Crippen molar-refractivity contribution in [2.45, 2.75) is 79.0 Å². The van der Waals surface area contributed by atoms with Crippen LogP contribution >= 0.6 is 0 Å². The van der Waals surface area contributed by atoms with Gasteiger partial charge in [-0.25, -0.2) is 0 Å². The molecule has 0 aliphatic rings. The quantitative estimate of drug-likeness (QED) is 0.460. The van der Waals surface area contributed by atoms with Crippen molar-refractivity contribution in [2.75, 3.05) is 26.4 Å². The van der Waals surface area contributed by atoms with Crippen LogP contribution in [0.1, 0.15) is 67.2 Å². The first-order valence-corrected chi connectivity index (χ1v) is 8.37. The molecule has 21 heavy (non-hydrogen) atoms. The van der Waals surface area contributed by atoms with Gasteiger partial charge >= 0.3 is 0 Å². The second-order valence-electron chi connectivity index (χ2n) is 4.77. The lowest BCUT2D eigenvalue weighted by molar-refractivity contribution is -0.347. The third-order valence-corrected chi connectivity index (χ3v) is 2.95. The molecule has 0 heterocycles. The van der Waals surface area contributed by atoms with E-state index in [-0.39, 0.29) is 0 Å². The molecule has 5 nitrogen and oxygen atoms in total. The predicted molar refractivity (Wildman–Crippen MR) is 83.9 cm³/mol. The fourth-order valence-electron chi connectivity index (χ4n) is 2.41. The zero-order valence-corrected chi connectivity index (χ0v) is 14.7. The summed E-state index contributed by atoms with van der Waals surface area (Å²) in [5, 5.41) is 4.79. The molecule has 0 fully saturated rings. The summed E-state index contributed by atoms with van der Waals surface area (Å²) in [6.45, 7) is 14.1. The SMILES string of the molecule is CCCC([N]C(CCC)(OCC)OCC)(OCC)OCC. The molecule has 5 heteroatoms. The van der Waals surface area contributed by atoms with Crippen LogP contribution in [0, 0.1) is 0 Å². The van der Waals surface area contributed by atoms with E-state index >= 15 is 0 Å². The standard InChI is InChI=1S/C16H34NO4/c1-7-13-15(18-9-3,19-10-4)17-16(14-8-2,20-11-5)21-12-6/h7-14H2,1-6H3. The summed E-state index contributed by atoms with van der Waals surface area (Å²) >= 11 is 0. The maximum absolute atomic E-state index is 5.86. The van der Waals surface area contributed by atoms with Crippen LogP contribution in [0.2, 0.25) is 0 Å². The monoisotopic (exact) mass is 304 g/mol. The van der Waals surface area contributed by atoms with Gasteiger partial charge in [-0.3, -0.25) is 0 Å². The Morgan fingerprint density at radius 2 is 0.857 bits per heavy atom. The van der Waals surface area contributed by atoms with E-state index in [0.717, 1.165) is 12.8 Å². The number of hydrogen-bond acceptors (Lipinski definition) is 4. The van der Waals surface area contributed by atoms with Gasteiger partial charge in [0.05, 0.1) is 0 Å². The Morgan fingerprint density at radius 3 is 1.05 bits per heavy atom. The minimum atomic E-state index is -0.988. The van der Waals surface area contributed by atoms with Gasteiger partial charge in [0.1, 0.15) is 0 Å². The Labute approximate surface area is 130 Å². The van der Waals surface area contributed by atoms with E-state index in [4.69, 9.17) is 24.3 Å². The summed E-state index contributed by atoms with van der Waals surface area (Å²) in [6.07, 6.45) is 3.18. The van der Waals surface area contributed by atoms with Gasteiger partial charge in [-0.05, 0) is 40.5 Å². The van der Waals surface area contributed by atoms with Crippen LogP contribution in [0.5, 0.6) is 0 Å². The molecule has 127 valence electrons. The number of hydrogen-bond donors (Lipinski definition) is 0. The lowest BCUT2D eigenvalue weighted by Crippen LogP contribution is -2.58. The average molecular weight is 304 g/mol. The summed E-state index contributed by atoms with van der Waals surface area (Å²) in [4.78, 5) is 0. The van der Waals surface area contributed by atoms with Gasteiger partial charge in [0.25, 0.3) is 0 Å². The van der Waals surface area contributed by atoms with Crippen LogP contribution in [-0.2, 0) is 18.9 Å². The normalized spacial score (nSPS) is 12.9. The average Bonchev–Trinajstić information content (AvgIpc) is 2.40. The molecule has 0 atom stereocenters. The summed E-state index contributed by atoms with van der Waals surface area (Å²) in [7, 11) is 0. The van der Waals surface area contributed by atoms with Crippen molar-refractivity contribution in [3.05, 3.63) is 0 Å². The smallest absolute Gasteiger partial charge is 0.247 e. The maximum atomic E-state index is 5.86. The van der Waals surface area contributed by atoms with Crippen molar-refractivity contribution in [1.82, 2.24) is 5.32 Å². The molecule has 0 saturated carbocycles. The molecule has 0 aliphatic carbocycles. The number of ether oxygens (including phenoxy) is 4. The molecular formula is C16H34NO4. The van der Waals surface area contributed by atoms with Gasteiger partial charge < -0.3 is 18.9 Å². The van der Waals surface area contributed by atoms with Crippen molar-refractivity contribution in [3.8, 4) is 0 Å². The first kappa shape index (κ1) is 20.8. The summed E-state index contributed by atoms with van der Waals surface area (Å²) < 4.78 is 23.4. The first-order chi connectivity index (χ1) is 10.1. The van der Waals surface area contributed by atoms with Crippen molar-refractivity contribution in [2.24, 2.45) is 0 Å². The van der Waals surface area contributed by atoms with Crippen LogP contribution in [0.15, 0.2) is 0 Å². The van der Waals surface area contributed by atoms with E-state index < -0.39 is 11.8 Å². The Kier molecular flexibility index (Phi) is 11.3. The van der Waals surface area contributed by atoms with Crippen LogP contribution < -0.4 is 5.32 Å². The second kappa shape index (κ2) is 11.4. The Balaban J connectivity index is 5.30. The van der Waals surface area contributed by atoms with Gasteiger partial charge in [0, 0.05) is 39.3 Å². The highest BCUT2D eigenvalue weighted by molar-refractivity contribution is 4.76. The van der Waals surface area contributed by atoms with Crippen LogP contribution in [0.4, 0.5) is 0 Å². The topological polar surface area (TPSA) is 51.0 Å². The van der Waals surface area contributed by atoms with Gasteiger partial charge in [-0.15, -0.1) is 5.32 Å². The zero-order chi connectivity index (χ0) is 16.2. The molecule has 0 aliphatic heterocycles. The van der Waals surface area contributed by atoms with Crippen molar-refractivity contribution in [1.29, 1.82) is 0 Å². The van der Waals surface area contributed by atoms with Gasteiger partial charge in [-0.1, -0.05) is 13.8 Å². The highest BCUT2D eigenvalue weighted by atomic mass is 16.8. The first-order valence-electron chi connectivity index (χ1n) is 8.37. The van der Waals surface area contributed by atoms with Crippen LogP contribution in [0.25, 0.3) is 0 Å². The molecule has 0 rings (SSSR count). The summed E-state index contributed by atoms with van der Waals surface area (Å²) in [6, 6.07) is 0. The highest BCUT2D eigenvalue weighted by Crippen LogP contribution is 2.28. The third kappa shape index (κ3) is 7.06. The largest absolute Gasteiger partial charge is 0.336 e. The molecular weight excluding hydrogens is 270 g/mol. The van der Waals surface area contributed by atoms with Gasteiger partial charge in [0.15, 0.2) is 0 Å². The Morgan fingerprint density at radius 1 is 0.571 bits per heavy atom. The molecule has 0 saturated heterocycles. The molecule has 0 amide bonds. The maximum Gasteiger partial charge on any atom is 0.247 e. The van der Waals surface area contributed by atoms with E-state index in [1.165, 1.54) is 0 Å². The molecule has 0 aromatic carbocycles. The highest BCUT2D eigenvalue weighted by Gasteiger charge is 2.44. The van der Waals surface area contributed by atoms with Crippen molar-refractivity contribution >= 4 is 0 Å². The molecule has 0 N–H and O–H groups in total. The minimum Gasteiger partial charge on any atom is -0.336 e. The zero-order valence-electron chi connectivity index (χ0n) is 14.7. The van der Waals surface area contributed by atoms with E-state index in [2.05, 4.69) is 13.8 Å². The minimum absolute atomic E-state index is 0.532. The Hall–Kier alpha value is -0.200. The number of rotatable bonds is 14. The lowest BCUT2D eigenvalue weighted by atomic mass is 10.2. The van der Waals surface area contributed by atoms with Crippen LogP contribution in [0.3, 0.4) is 0 Å². The second-order valence-corrected chi connectivity index (χ2v) is 4.77. The van der Waals surface area contributed by atoms with Crippen LogP contribution in [-0.4, -0.2) is 38.2 Å². The fraction of sp³-hybridized carbons (Fsp3) is 1.00. The van der Waals surface area contributed by atoms with E-state index in [9.17, 15) is 0 Å². The number of nitrogens with zero attached hydrogens (tertiary/aromatic N) is 1. The predicted octanol–water partition coefficient (Wildman–Crippen LogP) is 3.64. The van der Waals surface area contributed by atoms with Crippen molar-refractivity contribution in [3.63, 3.8) is 0 Å². The Bertz CT molecular complexity index is 190. The lowest BCUT2D eigenvalue weighted by Gasteiger charge is -2.41. The molecule has 0 spiro atoms. The summed E-state index contributed by atoms with van der Waals surface area (Å²) in [5.41, 5.74) is 0. The van der Waals surface area contributed by atoms with E-state index in [1.807, 2.05) is 27.7 Å². The third-order valence-electron chi connectivity index (χ3n) is 2.95. The molecule has 0 aromatic heterocycles. The van der Waals surface area contributed by atoms with Gasteiger partial charge in [-0.2, -0.15) is 0 Å². The fourth-order valence-corrected chi connectivity index (χ4v) is 2.41. The molecule has 0 unspecified atom stereocenters. The van der Waals surface area contributed by atoms with Crippen molar-refractivity contribution < 1.29 is 18.9 Å². The molecule has 0 bridgehead atoms. The summed E-state index contributed by atoms with van der Waals surface area (Å²) in [5.74, 6) is -1.98. The molecule has 1 radical (unpaired) electrons.